The average molecular weight is 465 g/mol. The van der Waals surface area contributed by atoms with Gasteiger partial charge < -0.3 is 20.1 Å². The second kappa shape index (κ2) is 11.2. The molecule has 0 bridgehead atoms. The minimum absolute atomic E-state index is 0.261. The molecular formula is C26H32N4O4. The van der Waals surface area contributed by atoms with Crippen LogP contribution < -0.4 is 15.4 Å². The number of ether oxygens (including phenoxy) is 2. The number of rotatable bonds is 8. The summed E-state index contributed by atoms with van der Waals surface area (Å²) < 4.78 is 10.6. The van der Waals surface area contributed by atoms with Crippen LogP contribution in [0.4, 0.5) is 4.79 Å². The third-order valence-corrected chi connectivity index (χ3v) is 6.19. The zero-order chi connectivity index (χ0) is 23.9. The van der Waals surface area contributed by atoms with E-state index in [0.717, 1.165) is 38.3 Å². The Morgan fingerprint density at radius 2 is 1.62 bits per heavy atom. The molecule has 2 aliphatic heterocycles. The largest absolute Gasteiger partial charge is 0.497 e. The number of amides is 2. The number of esters is 1. The maximum atomic E-state index is 13.0. The van der Waals surface area contributed by atoms with Crippen LogP contribution in [0.2, 0.25) is 0 Å². The van der Waals surface area contributed by atoms with Gasteiger partial charge in [0.2, 0.25) is 0 Å². The van der Waals surface area contributed by atoms with E-state index in [0.29, 0.717) is 23.6 Å². The fraction of sp³-hybridized carbons (Fsp3) is 0.385. The van der Waals surface area contributed by atoms with Crippen molar-refractivity contribution in [3.05, 3.63) is 77.0 Å². The van der Waals surface area contributed by atoms with Crippen molar-refractivity contribution in [1.82, 2.24) is 20.4 Å². The van der Waals surface area contributed by atoms with Gasteiger partial charge >= 0.3 is 12.0 Å². The number of carbonyl (C=O) groups is 2. The molecule has 2 amide bonds. The second-order valence-electron chi connectivity index (χ2n) is 8.46. The molecule has 0 aliphatic carbocycles. The Morgan fingerprint density at radius 3 is 2.24 bits per heavy atom. The summed E-state index contributed by atoms with van der Waals surface area (Å²) in [6.45, 7) is 6.99. The maximum Gasteiger partial charge on any atom is 0.338 e. The van der Waals surface area contributed by atoms with E-state index in [1.165, 1.54) is 5.56 Å². The third-order valence-electron chi connectivity index (χ3n) is 6.19. The molecule has 2 aromatic carbocycles. The van der Waals surface area contributed by atoms with Crippen molar-refractivity contribution in [1.29, 1.82) is 0 Å². The summed E-state index contributed by atoms with van der Waals surface area (Å²) in [5, 5.41) is 5.76. The normalized spacial score (nSPS) is 19.4. The molecule has 1 saturated heterocycles. The zero-order valence-electron chi connectivity index (χ0n) is 19.8. The van der Waals surface area contributed by atoms with Crippen LogP contribution in [-0.4, -0.2) is 68.2 Å². The number of methoxy groups -OCH3 is 1. The molecule has 8 heteroatoms. The van der Waals surface area contributed by atoms with Gasteiger partial charge in [0.1, 0.15) is 5.75 Å². The molecule has 8 nitrogen and oxygen atoms in total. The van der Waals surface area contributed by atoms with Crippen molar-refractivity contribution >= 4 is 12.0 Å². The summed E-state index contributed by atoms with van der Waals surface area (Å²) in [5.74, 6) is 0.285. The number of carbonyl (C=O) groups excluding carboxylic acids is 2. The predicted octanol–water partition coefficient (Wildman–Crippen LogP) is 2.68. The summed E-state index contributed by atoms with van der Waals surface area (Å²) in [7, 11) is 1.60. The van der Waals surface area contributed by atoms with Gasteiger partial charge in [0.05, 0.1) is 25.3 Å². The van der Waals surface area contributed by atoms with Gasteiger partial charge in [-0.1, -0.05) is 42.5 Å². The highest BCUT2D eigenvalue weighted by Gasteiger charge is 2.34. The lowest BCUT2D eigenvalue weighted by Crippen LogP contribution is -2.51. The van der Waals surface area contributed by atoms with E-state index in [9.17, 15) is 9.59 Å². The van der Waals surface area contributed by atoms with Gasteiger partial charge in [0.25, 0.3) is 0 Å². The van der Waals surface area contributed by atoms with Gasteiger partial charge in [-0.2, -0.15) is 0 Å². The van der Waals surface area contributed by atoms with Crippen LogP contribution in [0.5, 0.6) is 5.75 Å². The number of nitrogens with one attached hydrogen (secondary N) is 2. The Morgan fingerprint density at radius 1 is 0.971 bits per heavy atom. The summed E-state index contributed by atoms with van der Waals surface area (Å²) >= 11 is 0. The van der Waals surface area contributed by atoms with E-state index in [1.54, 1.807) is 14.0 Å². The smallest absolute Gasteiger partial charge is 0.338 e. The second-order valence-corrected chi connectivity index (χ2v) is 8.46. The van der Waals surface area contributed by atoms with Crippen LogP contribution >= 0.6 is 0 Å². The molecule has 2 heterocycles. The van der Waals surface area contributed by atoms with Crippen molar-refractivity contribution < 1.29 is 19.1 Å². The lowest BCUT2D eigenvalue weighted by molar-refractivity contribution is -0.139. The summed E-state index contributed by atoms with van der Waals surface area (Å²) in [4.78, 5) is 30.2. The quantitative estimate of drug-likeness (QED) is 0.585. The van der Waals surface area contributed by atoms with Crippen molar-refractivity contribution in [2.75, 3.05) is 46.4 Å². The highest BCUT2D eigenvalue weighted by atomic mass is 16.5. The molecule has 0 saturated carbocycles. The number of urea groups is 1. The van der Waals surface area contributed by atoms with Crippen LogP contribution in [-0.2, 0) is 16.1 Å². The Kier molecular flexibility index (Phi) is 7.82. The van der Waals surface area contributed by atoms with Crippen LogP contribution in [0.1, 0.15) is 24.1 Å². The fourth-order valence-electron chi connectivity index (χ4n) is 4.41. The highest BCUT2D eigenvalue weighted by molar-refractivity contribution is 5.95. The van der Waals surface area contributed by atoms with Crippen LogP contribution in [0.25, 0.3) is 0 Å². The van der Waals surface area contributed by atoms with Gasteiger partial charge in [-0.15, -0.1) is 0 Å². The Bertz CT molecular complexity index is 1010. The van der Waals surface area contributed by atoms with Crippen LogP contribution in [0, 0.1) is 0 Å². The first-order valence-corrected chi connectivity index (χ1v) is 11.7. The molecule has 2 aliphatic rings. The van der Waals surface area contributed by atoms with Gasteiger partial charge in [-0.25, -0.2) is 9.59 Å². The van der Waals surface area contributed by atoms with E-state index >= 15 is 0 Å². The van der Waals surface area contributed by atoms with Crippen LogP contribution in [0.15, 0.2) is 65.9 Å². The fourth-order valence-corrected chi connectivity index (χ4v) is 4.41. The molecule has 2 N–H and O–H groups in total. The van der Waals surface area contributed by atoms with Gasteiger partial charge in [0.15, 0.2) is 0 Å². The molecule has 0 unspecified atom stereocenters. The topological polar surface area (TPSA) is 83.1 Å². The highest BCUT2D eigenvalue weighted by Crippen LogP contribution is 2.29. The van der Waals surface area contributed by atoms with E-state index in [4.69, 9.17) is 9.47 Å². The summed E-state index contributed by atoms with van der Waals surface area (Å²) in [6.07, 6.45) is 0. The predicted molar refractivity (Wildman–Crippen MR) is 129 cm³/mol. The average Bonchev–Trinajstić information content (AvgIpc) is 2.86. The first-order valence-electron chi connectivity index (χ1n) is 11.7. The van der Waals surface area contributed by atoms with Crippen molar-refractivity contribution in [3.8, 4) is 5.75 Å². The van der Waals surface area contributed by atoms with E-state index in [-0.39, 0.29) is 12.6 Å². The van der Waals surface area contributed by atoms with Crippen LogP contribution in [0.3, 0.4) is 0 Å². The standard InChI is InChI=1S/C26H32N4O4/c1-3-34-25(31)23-22(27-26(32)28-24(23)20-9-11-21(33-2)12-10-20)18-30-15-13-29(14-16-30)17-19-7-5-4-6-8-19/h4-12,24H,3,13-18H2,1-2H3,(H2,27,28,32)/t24-/m1/s1. The number of benzene rings is 2. The van der Waals surface area contributed by atoms with E-state index in [1.807, 2.05) is 30.3 Å². The molecule has 1 atom stereocenters. The lowest BCUT2D eigenvalue weighted by Gasteiger charge is -2.37. The van der Waals surface area contributed by atoms with Gasteiger partial charge in [-0.3, -0.25) is 9.80 Å². The van der Waals surface area contributed by atoms with Crippen molar-refractivity contribution in [3.63, 3.8) is 0 Å². The lowest BCUT2D eigenvalue weighted by atomic mass is 9.94. The maximum absolute atomic E-state index is 13.0. The number of hydrogen-bond acceptors (Lipinski definition) is 6. The summed E-state index contributed by atoms with van der Waals surface area (Å²) in [6, 6.07) is 16.9. The van der Waals surface area contributed by atoms with Crippen molar-refractivity contribution in [2.45, 2.75) is 19.5 Å². The van der Waals surface area contributed by atoms with Gasteiger partial charge in [-0.05, 0) is 30.2 Å². The minimum atomic E-state index is -0.590. The zero-order valence-corrected chi connectivity index (χ0v) is 19.8. The molecule has 1 fully saturated rings. The van der Waals surface area contributed by atoms with E-state index < -0.39 is 12.0 Å². The molecular weight excluding hydrogens is 432 g/mol. The first kappa shape index (κ1) is 23.8. The molecule has 0 spiro atoms. The molecule has 4 rings (SSSR count). The Hall–Kier alpha value is -3.36. The number of hydrogen-bond donors (Lipinski definition) is 2. The van der Waals surface area contributed by atoms with E-state index in [2.05, 4.69) is 44.7 Å². The molecule has 34 heavy (non-hydrogen) atoms. The number of piperazine rings is 1. The van der Waals surface area contributed by atoms with Crippen molar-refractivity contribution in [2.24, 2.45) is 0 Å². The summed E-state index contributed by atoms with van der Waals surface area (Å²) in [5.41, 5.74) is 3.14. The monoisotopic (exact) mass is 464 g/mol. The third kappa shape index (κ3) is 5.76. The Balaban J connectivity index is 1.51. The SMILES string of the molecule is CCOC(=O)C1=C(CN2CCN(Cc3ccccc3)CC2)NC(=O)N[C@@H]1c1ccc(OC)cc1. The van der Waals surface area contributed by atoms with Gasteiger partial charge in [0, 0.05) is 45.0 Å². The minimum Gasteiger partial charge on any atom is -0.497 e. The molecule has 0 aromatic heterocycles. The molecule has 180 valence electrons. The Labute approximate surface area is 200 Å². The molecule has 2 aromatic rings. The number of nitrogens with zero attached hydrogens (tertiary/aromatic N) is 2. The molecule has 0 radical (unpaired) electrons. The first-order chi connectivity index (χ1) is 16.6.